The Morgan fingerprint density at radius 3 is 2.40 bits per heavy atom. The first-order valence-electron chi connectivity index (χ1n) is 13.1. The Kier molecular flexibility index (Phi) is 7.34. The number of amidine groups is 1. The summed E-state index contributed by atoms with van der Waals surface area (Å²) in [5.74, 6) is -0.429. The second-order valence-electron chi connectivity index (χ2n) is 10.3. The van der Waals surface area contributed by atoms with Gasteiger partial charge in [0.2, 0.25) is 10.0 Å². The largest absolute Gasteiger partial charge is 0.416 e. The summed E-state index contributed by atoms with van der Waals surface area (Å²) >= 11 is 0. The van der Waals surface area contributed by atoms with Crippen molar-refractivity contribution in [2.24, 2.45) is 4.99 Å². The average Bonchev–Trinajstić information content (AvgIpc) is 3.56. The molecule has 3 heterocycles. The summed E-state index contributed by atoms with van der Waals surface area (Å²) in [5, 5.41) is 3.69. The van der Waals surface area contributed by atoms with Crippen molar-refractivity contribution in [1.29, 1.82) is 0 Å². The summed E-state index contributed by atoms with van der Waals surface area (Å²) in [5.41, 5.74) is 0.0719. The Bertz CT molecular complexity index is 1500. The van der Waals surface area contributed by atoms with Crippen LogP contribution in [0.25, 0.3) is 6.08 Å². The van der Waals surface area contributed by atoms with E-state index in [4.69, 9.17) is 0 Å². The van der Waals surface area contributed by atoms with Crippen LogP contribution in [0.15, 0.2) is 52.9 Å². The van der Waals surface area contributed by atoms with Gasteiger partial charge in [0.1, 0.15) is 11.4 Å². The lowest BCUT2D eigenvalue weighted by molar-refractivity contribution is -0.137. The van der Waals surface area contributed by atoms with Gasteiger partial charge in [0, 0.05) is 42.7 Å². The number of carbonyl (C=O) groups excluding carboxylic acids is 2. The minimum Gasteiger partial charge on any atom is -0.339 e. The van der Waals surface area contributed by atoms with E-state index < -0.39 is 33.2 Å². The molecule has 0 saturated carbocycles. The van der Waals surface area contributed by atoms with Crippen LogP contribution < -0.4 is 5.32 Å². The van der Waals surface area contributed by atoms with Gasteiger partial charge in [0.15, 0.2) is 0 Å². The standard InChI is InChI=1S/C28H29F3N4O4S/c1-19-17-22(25(36)34-12-2-3-13-34)8-7-20(19)9-16-40(38,39)35-14-10-27(11-15-35)26(37)32-24(33-27)21-5-4-6-23(18-21)28(29,30)31/h4-9,16-18H,2-3,10-15H2,1H3,(H,32,33,37)/b16-9+. The lowest BCUT2D eigenvalue weighted by atomic mass is 9.89. The zero-order chi connectivity index (χ0) is 28.7. The van der Waals surface area contributed by atoms with Gasteiger partial charge in [-0.15, -0.1) is 0 Å². The van der Waals surface area contributed by atoms with Crippen LogP contribution in [-0.2, 0) is 21.0 Å². The number of halogens is 3. The molecule has 8 nitrogen and oxygen atoms in total. The quantitative estimate of drug-likeness (QED) is 0.585. The maximum atomic E-state index is 13.1. The van der Waals surface area contributed by atoms with Gasteiger partial charge in [0.05, 0.1) is 5.56 Å². The zero-order valence-corrected chi connectivity index (χ0v) is 22.7. The molecule has 12 heteroatoms. The molecule has 0 atom stereocenters. The predicted octanol–water partition coefficient (Wildman–Crippen LogP) is 3.96. The topological polar surface area (TPSA) is 99.2 Å². The fourth-order valence-corrected chi connectivity index (χ4v) is 6.47. The summed E-state index contributed by atoms with van der Waals surface area (Å²) in [4.78, 5) is 31.7. The number of aryl methyl sites for hydroxylation is 1. The summed E-state index contributed by atoms with van der Waals surface area (Å²) in [6.45, 7) is 3.36. The molecule has 2 aromatic carbocycles. The highest BCUT2D eigenvalue weighted by Crippen LogP contribution is 2.34. The van der Waals surface area contributed by atoms with Crippen molar-refractivity contribution in [3.63, 3.8) is 0 Å². The monoisotopic (exact) mass is 574 g/mol. The molecule has 1 N–H and O–H groups in total. The number of rotatable bonds is 5. The molecule has 2 saturated heterocycles. The van der Waals surface area contributed by atoms with Gasteiger partial charge in [-0.2, -0.15) is 17.5 Å². The Labute approximate surface area is 230 Å². The van der Waals surface area contributed by atoms with Gasteiger partial charge < -0.3 is 10.2 Å². The highest BCUT2D eigenvalue weighted by atomic mass is 32.2. The van der Waals surface area contributed by atoms with E-state index >= 15 is 0 Å². The number of carbonyl (C=O) groups is 2. The van der Waals surface area contributed by atoms with Crippen LogP contribution in [-0.4, -0.2) is 67.0 Å². The summed E-state index contributed by atoms with van der Waals surface area (Å²) in [6.07, 6.45) is -0.855. The number of amides is 2. The summed E-state index contributed by atoms with van der Waals surface area (Å²) in [6, 6.07) is 9.74. The second-order valence-corrected chi connectivity index (χ2v) is 12.2. The number of benzene rings is 2. The highest BCUT2D eigenvalue weighted by molar-refractivity contribution is 7.92. The second kappa shape index (κ2) is 10.5. The summed E-state index contributed by atoms with van der Waals surface area (Å²) in [7, 11) is -3.82. The van der Waals surface area contributed by atoms with E-state index in [2.05, 4.69) is 10.3 Å². The third-order valence-corrected chi connectivity index (χ3v) is 9.25. The fraction of sp³-hybridized carbons (Fsp3) is 0.393. The number of sulfonamides is 1. The third-order valence-electron chi connectivity index (χ3n) is 7.68. The van der Waals surface area contributed by atoms with E-state index in [1.54, 1.807) is 18.2 Å². The van der Waals surface area contributed by atoms with E-state index in [9.17, 15) is 31.2 Å². The van der Waals surface area contributed by atoms with E-state index in [0.717, 1.165) is 49.0 Å². The first kappa shape index (κ1) is 28.0. The number of hydrogen-bond acceptors (Lipinski definition) is 5. The molecule has 2 amide bonds. The van der Waals surface area contributed by atoms with E-state index in [-0.39, 0.29) is 43.2 Å². The van der Waals surface area contributed by atoms with E-state index in [1.807, 2.05) is 11.8 Å². The third kappa shape index (κ3) is 5.55. The van der Waals surface area contributed by atoms with E-state index in [0.29, 0.717) is 11.1 Å². The molecule has 0 bridgehead atoms. The van der Waals surface area contributed by atoms with Gasteiger partial charge in [-0.05, 0) is 74.1 Å². The highest BCUT2D eigenvalue weighted by Gasteiger charge is 2.47. The lowest BCUT2D eigenvalue weighted by Gasteiger charge is -2.34. The van der Waals surface area contributed by atoms with Crippen molar-refractivity contribution in [2.45, 2.75) is 44.3 Å². The maximum absolute atomic E-state index is 13.1. The van der Waals surface area contributed by atoms with Crippen LogP contribution in [0.2, 0.25) is 0 Å². The number of hydrogen-bond donors (Lipinski definition) is 1. The lowest BCUT2D eigenvalue weighted by Crippen LogP contribution is -2.50. The van der Waals surface area contributed by atoms with Gasteiger partial charge in [-0.3, -0.25) is 14.6 Å². The van der Waals surface area contributed by atoms with Crippen LogP contribution >= 0.6 is 0 Å². The van der Waals surface area contributed by atoms with E-state index in [1.165, 1.54) is 22.5 Å². The molecule has 0 unspecified atom stereocenters. The molecule has 0 aromatic heterocycles. The van der Waals surface area contributed by atoms with Crippen LogP contribution in [0.1, 0.15) is 58.3 Å². The molecule has 0 aliphatic carbocycles. The molecule has 2 aromatic rings. The number of piperidine rings is 1. The molecule has 1 spiro atoms. The number of alkyl halides is 3. The minimum absolute atomic E-state index is 0.0270. The normalized spacial score (nSPS) is 19.9. The Hall–Kier alpha value is -3.51. The number of likely N-dealkylation sites (tertiary alicyclic amines) is 1. The molecule has 3 aliphatic heterocycles. The van der Waals surface area contributed by atoms with Crippen molar-refractivity contribution in [3.8, 4) is 0 Å². The van der Waals surface area contributed by atoms with Gasteiger partial charge in [-0.25, -0.2) is 8.42 Å². The summed E-state index contributed by atoms with van der Waals surface area (Å²) < 4.78 is 66.8. The SMILES string of the molecule is Cc1cc(C(=O)N2CCCC2)ccc1/C=C/S(=O)(=O)N1CCC2(CC1)N=C(c1cccc(C(F)(F)F)c1)NC2=O. The number of aliphatic imine (C=N–C) groups is 1. The van der Waals surface area contributed by atoms with Crippen molar-refractivity contribution in [1.82, 2.24) is 14.5 Å². The van der Waals surface area contributed by atoms with Crippen LogP contribution in [0.3, 0.4) is 0 Å². The number of nitrogens with one attached hydrogen (secondary N) is 1. The molecule has 3 aliphatic rings. The van der Waals surface area contributed by atoms with Gasteiger partial charge in [0.25, 0.3) is 11.8 Å². The molecular formula is C28H29F3N4O4S. The predicted molar refractivity (Wildman–Crippen MR) is 144 cm³/mol. The Morgan fingerprint density at radius 2 is 1.75 bits per heavy atom. The molecule has 0 radical (unpaired) electrons. The first-order valence-corrected chi connectivity index (χ1v) is 14.6. The molecular weight excluding hydrogens is 545 g/mol. The van der Waals surface area contributed by atoms with Gasteiger partial charge in [-0.1, -0.05) is 18.2 Å². The van der Waals surface area contributed by atoms with Gasteiger partial charge >= 0.3 is 6.18 Å². The van der Waals surface area contributed by atoms with Crippen LogP contribution in [0.5, 0.6) is 0 Å². The maximum Gasteiger partial charge on any atom is 0.416 e. The Balaban J connectivity index is 1.26. The van der Waals surface area contributed by atoms with Crippen LogP contribution in [0, 0.1) is 6.92 Å². The molecule has 212 valence electrons. The zero-order valence-electron chi connectivity index (χ0n) is 21.9. The Morgan fingerprint density at radius 1 is 1.05 bits per heavy atom. The smallest absolute Gasteiger partial charge is 0.339 e. The first-order chi connectivity index (χ1) is 18.9. The molecule has 40 heavy (non-hydrogen) atoms. The van der Waals surface area contributed by atoms with Crippen molar-refractivity contribution in [2.75, 3.05) is 26.2 Å². The van der Waals surface area contributed by atoms with Crippen molar-refractivity contribution >= 4 is 33.7 Å². The minimum atomic E-state index is -4.53. The fourth-order valence-electron chi connectivity index (χ4n) is 5.29. The van der Waals surface area contributed by atoms with Crippen molar-refractivity contribution in [3.05, 3.63) is 75.7 Å². The van der Waals surface area contributed by atoms with Crippen LogP contribution in [0.4, 0.5) is 13.2 Å². The number of nitrogens with zero attached hydrogens (tertiary/aromatic N) is 3. The van der Waals surface area contributed by atoms with Crippen molar-refractivity contribution < 1.29 is 31.2 Å². The average molecular weight is 575 g/mol. The molecule has 5 rings (SSSR count). The molecule has 2 fully saturated rings.